The molecule has 0 atom stereocenters. The predicted octanol–water partition coefficient (Wildman–Crippen LogP) is 5.18. The molecule has 0 aliphatic rings. The minimum absolute atomic E-state index is 0.0865. The fourth-order valence-electron chi connectivity index (χ4n) is 2.26. The third kappa shape index (κ3) is 2.72. The highest BCUT2D eigenvalue weighted by molar-refractivity contribution is 6.31. The summed E-state index contributed by atoms with van der Waals surface area (Å²) in [5.41, 5.74) is 5.12. The summed E-state index contributed by atoms with van der Waals surface area (Å²) in [5, 5.41) is 5.33. The van der Waals surface area contributed by atoms with Gasteiger partial charge in [0.2, 0.25) is 0 Å². The molecule has 2 nitrogen and oxygen atoms in total. The summed E-state index contributed by atoms with van der Waals surface area (Å²) in [5.74, 6) is 0.371. The fourth-order valence-corrected chi connectivity index (χ4v) is 2.86. The second kappa shape index (κ2) is 5.42. The Morgan fingerprint density at radius 3 is 2.35 bits per heavy atom. The molecule has 0 aliphatic heterocycles. The first kappa shape index (κ1) is 15.4. The molecule has 1 aromatic heterocycles. The van der Waals surface area contributed by atoms with Crippen LogP contribution >= 0.6 is 23.2 Å². The number of rotatable bonds is 2. The topological polar surface area (TPSA) is 17.8 Å². The number of aromatic nitrogens is 2. The molecule has 0 spiro atoms. The monoisotopic (exact) mass is 310 g/mol. The number of alkyl halides is 1. The van der Waals surface area contributed by atoms with Gasteiger partial charge in [0.05, 0.1) is 17.3 Å². The molecule has 1 aromatic carbocycles. The second-order valence-electron chi connectivity index (χ2n) is 6.20. The van der Waals surface area contributed by atoms with Crippen molar-refractivity contribution < 1.29 is 0 Å². The van der Waals surface area contributed by atoms with Crippen molar-refractivity contribution in [3.8, 4) is 5.69 Å². The Labute approximate surface area is 130 Å². The zero-order chi connectivity index (χ0) is 15.1. The van der Waals surface area contributed by atoms with Crippen LogP contribution in [0.1, 0.15) is 43.2 Å². The van der Waals surface area contributed by atoms with E-state index in [9.17, 15) is 0 Å². The minimum atomic E-state index is -0.0865. The average molecular weight is 311 g/mol. The van der Waals surface area contributed by atoms with Gasteiger partial charge >= 0.3 is 0 Å². The number of halogens is 2. The lowest BCUT2D eigenvalue weighted by Crippen LogP contribution is -2.14. The molecule has 0 amide bonds. The molecule has 0 N–H and O–H groups in total. The van der Waals surface area contributed by atoms with E-state index in [1.54, 1.807) is 0 Å². The van der Waals surface area contributed by atoms with Crippen LogP contribution in [0.2, 0.25) is 5.15 Å². The highest BCUT2D eigenvalue weighted by atomic mass is 35.5. The van der Waals surface area contributed by atoms with Gasteiger partial charge in [0.1, 0.15) is 5.15 Å². The quantitative estimate of drug-likeness (QED) is 0.699. The molecule has 4 heteroatoms. The Hall–Kier alpha value is -0.990. The standard InChI is InChI=1S/C16H20Cl2N2/c1-10-6-7-11(2)13(8-10)20-15(18)12(9-17)14(19-20)16(3,4)5/h6-8H,9H2,1-5H3. The fraction of sp³-hybridized carbons (Fsp3) is 0.438. The van der Waals surface area contributed by atoms with Gasteiger partial charge in [-0.3, -0.25) is 0 Å². The highest BCUT2D eigenvalue weighted by Crippen LogP contribution is 2.33. The van der Waals surface area contributed by atoms with Crippen LogP contribution in [0, 0.1) is 13.8 Å². The Morgan fingerprint density at radius 1 is 1.20 bits per heavy atom. The van der Waals surface area contributed by atoms with Crippen LogP contribution in [0.15, 0.2) is 18.2 Å². The molecule has 0 saturated heterocycles. The van der Waals surface area contributed by atoms with Crippen molar-refractivity contribution in [3.63, 3.8) is 0 Å². The van der Waals surface area contributed by atoms with E-state index in [2.05, 4.69) is 52.8 Å². The van der Waals surface area contributed by atoms with Gasteiger partial charge in [-0.15, -0.1) is 11.6 Å². The van der Waals surface area contributed by atoms with E-state index in [4.69, 9.17) is 28.3 Å². The molecule has 0 unspecified atom stereocenters. The van der Waals surface area contributed by atoms with E-state index in [0.29, 0.717) is 11.0 Å². The van der Waals surface area contributed by atoms with Crippen LogP contribution in [0.3, 0.4) is 0 Å². The van der Waals surface area contributed by atoms with Gasteiger partial charge in [0.25, 0.3) is 0 Å². The number of benzene rings is 1. The summed E-state index contributed by atoms with van der Waals surface area (Å²) in [6.45, 7) is 10.5. The Morgan fingerprint density at radius 2 is 1.85 bits per heavy atom. The van der Waals surface area contributed by atoms with Crippen LogP contribution in [-0.2, 0) is 11.3 Å². The molecule has 2 aromatic rings. The molecule has 0 radical (unpaired) electrons. The molecular weight excluding hydrogens is 291 g/mol. The van der Waals surface area contributed by atoms with Crippen LogP contribution in [0.5, 0.6) is 0 Å². The minimum Gasteiger partial charge on any atom is -0.221 e. The predicted molar refractivity (Wildman–Crippen MR) is 86.3 cm³/mol. The maximum Gasteiger partial charge on any atom is 0.137 e. The normalized spacial score (nSPS) is 11.9. The summed E-state index contributed by atoms with van der Waals surface area (Å²) < 4.78 is 1.81. The van der Waals surface area contributed by atoms with Gasteiger partial charge in [-0.25, -0.2) is 4.68 Å². The zero-order valence-electron chi connectivity index (χ0n) is 12.6. The Balaban J connectivity index is 2.70. The number of nitrogens with zero attached hydrogens (tertiary/aromatic N) is 2. The number of hydrogen-bond donors (Lipinski definition) is 0. The van der Waals surface area contributed by atoms with Crippen molar-refractivity contribution >= 4 is 23.2 Å². The molecule has 108 valence electrons. The molecule has 0 bridgehead atoms. The molecule has 0 saturated carbocycles. The van der Waals surface area contributed by atoms with E-state index in [0.717, 1.165) is 22.5 Å². The molecule has 20 heavy (non-hydrogen) atoms. The molecular formula is C16H20Cl2N2. The van der Waals surface area contributed by atoms with Gasteiger partial charge in [0, 0.05) is 11.0 Å². The smallest absolute Gasteiger partial charge is 0.137 e. The summed E-state index contributed by atoms with van der Waals surface area (Å²) in [4.78, 5) is 0. The van der Waals surface area contributed by atoms with Crippen LogP contribution in [-0.4, -0.2) is 9.78 Å². The maximum absolute atomic E-state index is 6.51. The van der Waals surface area contributed by atoms with Crippen molar-refractivity contribution in [2.75, 3.05) is 0 Å². The van der Waals surface area contributed by atoms with E-state index in [1.807, 2.05) is 4.68 Å². The number of aryl methyl sites for hydroxylation is 2. The zero-order valence-corrected chi connectivity index (χ0v) is 14.1. The van der Waals surface area contributed by atoms with E-state index in [-0.39, 0.29) is 5.41 Å². The summed E-state index contributed by atoms with van der Waals surface area (Å²) in [6.07, 6.45) is 0. The summed E-state index contributed by atoms with van der Waals surface area (Å²) in [6, 6.07) is 6.27. The van der Waals surface area contributed by atoms with Gasteiger partial charge in [-0.1, -0.05) is 44.5 Å². The molecule has 1 heterocycles. The Kier molecular flexibility index (Phi) is 4.17. The van der Waals surface area contributed by atoms with E-state index >= 15 is 0 Å². The molecule has 0 aliphatic carbocycles. The van der Waals surface area contributed by atoms with Gasteiger partial charge in [-0.2, -0.15) is 5.10 Å². The summed E-state index contributed by atoms with van der Waals surface area (Å²) >= 11 is 12.6. The van der Waals surface area contributed by atoms with Crippen LogP contribution < -0.4 is 0 Å². The first-order valence-corrected chi connectivity index (χ1v) is 7.58. The average Bonchev–Trinajstić information content (AvgIpc) is 2.69. The lowest BCUT2D eigenvalue weighted by molar-refractivity contribution is 0.556. The van der Waals surface area contributed by atoms with Crippen molar-refractivity contribution in [3.05, 3.63) is 45.7 Å². The van der Waals surface area contributed by atoms with Crippen molar-refractivity contribution in [1.82, 2.24) is 9.78 Å². The third-order valence-electron chi connectivity index (χ3n) is 3.36. The van der Waals surface area contributed by atoms with E-state index < -0.39 is 0 Å². The third-order valence-corrected chi connectivity index (χ3v) is 4.01. The first-order chi connectivity index (χ1) is 9.25. The lowest BCUT2D eigenvalue weighted by atomic mass is 9.90. The van der Waals surface area contributed by atoms with Gasteiger partial charge in [-0.05, 0) is 31.0 Å². The molecule has 2 rings (SSSR count). The second-order valence-corrected chi connectivity index (χ2v) is 6.83. The first-order valence-electron chi connectivity index (χ1n) is 6.67. The SMILES string of the molecule is Cc1ccc(C)c(-n2nc(C(C)(C)C)c(CCl)c2Cl)c1. The van der Waals surface area contributed by atoms with Crippen molar-refractivity contribution in [2.45, 2.75) is 45.9 Å². The van der Waals surface area contributed by atoms with Crippen molar-refractivity contribution in [1.29, 1.82) is 0 Å². The van der Waals surface area contributed by atoms with Crippen LogP contribution in [0.4, 0.5) is 0 Å². The van der Waals surface area contributed by atoms with E-state index in [1.165, 1.54) is 5.56 Å². The summed E-state index contributed by atoms with van der Waals surface area (Å²) in [7, 11) is 0. The van der Waals surface area contributed by atoms with Crippen molar-refractivity contribution in [2.24, 2.45) is 0 Å². The number of hydrogen-bond acceptors (Lipinski definition) is 1. The van der Waals surface area contributed by atoms with Crippen LogP contribution in [0.25, 0.3) is 5.69 Å². The largest absolute Gasteiger partial charge is 0.221 e. The lowest BCUT2D eigenvalue weighted by Gasteiger charge is -2.16. The Bertz CT molecular complexity index is 637. The molecule has 0 fully saturated rings. The highest BCUT2D eigenvalue weighted by Gasteiger charge is 2.26. The van der Waals surface area contributed by atoms with Gasteiger partial charge < -0.3 is 0 Å². The maximum atomic E-state index is 6.51. The van der Waals surface area contributed by atoms with Gasteiger partial charge in [0.15, 0.2) is 0 Å².